The monoisotopic (exact) mass is 312 g/mol. The number of carbonyl (C=O) groups excluding carboxylic acids is 2. The first kappa shape index (κ1) is 15.3. The van der Waals surface area contributed by atoms with Crippen molar-refractivity contribution in [1.29, 1.82) is 0 Å². The van der Waals surface area contributed by atoms with Crippen LogP contribution in [0.5, 0.6) is 5.75 Å². The van der Waals surface area contributed by atoms with E-state index in [0.29, 0.717) is 23.4 Å². The van der Waals surface area contributed by atoms with Crippen LogP contribution in [0.2, 0.25) is 0 Å². The van der Waals surface area contributed by atoms with Gasteiger partial charge in [-0.2, -0.15) is 0 Å². The van der Waals surface area contributed by atoms with Crippen molar-refractivity contribution in [3.05, 3.63) is 52.3 Å². The van der Waals surface area contributed by atoms with Gasteiger partial charge in [-0.15, -0.1) is 0 Å². The lowest BCUT2D eigenvalue weighted by Gasteiger charge is -2.26. The molecule has 2 N–H and O–H groups in total. The first-order chi connectivity index (χ1) is 11.0. The van der Waals surface area contributed by atoms with E-state index >= 15 is 0 Å². The number of ether oxygens (including phenoxy) is 1. The van der Waals surface area contributed by atoms with Crippen LogP contribution < -0.4 is 10.1 Å². The van der Waals surface area contributed by atoms with Crippen LogP contribution in [-0.2, 0) is 6.42 Å². The zero-order valence-corrected chi connectivity index (χ0v) is 13.5. The van der Waals surface area contributed by atoms with E-state index in [1.165, 1.54) is 6.92 Å². The number of Topliss-reactive ketones (excluding diaryl/α,β-unsaturated/α-hetero) is 1. The Morgan fingerprint density at radius 2 is 2.00 bits per heavy atom. The lowest BCUT2D eigenvalue weighted by Crippen LogP contribution is -2.43. The highest BCUT2D eigenvalue weighted by molar-refractivity contribution is 6.02. The molecular formula is C18H20N2O3. The topological polar surface area (TPSA) is 71.2 Å². The molecule has 0 spiro atoms. The Labute approximate surface area is 135 Å². The predicted molar refractivity (Wildman–Crippen MR) is 87.2 cm³/mol. The molecule has 3 rings (SSSR count). The molecule has 1 amide bonds. The molecule has 1 aromatic carbocycles. The lowest BCUT2D eigenvalue weighted by atomic mass is 10.0. The maximum atomic E-state index is 12.5. The summed E-state index contributed by atoms with van der Waals surface area (Å²) in [4.78, 5) is 27.2. The van der Waals surface area contributed by atoms with E-state index in [2.05, 4.69) is 10.3 Å². The van der Waals surface area contributed by atoms with Gasteiger partial charge in [0.2, 0.25) is 0 Å². The van der Waals surface area contributed by atoms with Gasteiger partial charge in [0.25, 0.3) is 5.91 Å². The number of aryl methyl sites for hydroxylation is 1. The fraction of sp³-hybridized carbons (Fsp3) is 0.333. The molecule has 1 aliphatic rings. The van der Waals surface area contributed by atoms with E-state index in [9.17, 15) is 9.59 Å². The van der Waals surface area contributed by atoms with Gasteiger partial charge >= 0.3 is 0 Å². The molecule has 2 heterocycles. The molecule has 0 aliphatic carbocycles. The first-order valence-electron chi connectivity index (χ1n) is 7.69. The molecule has 120 valence electrons. The van der Waals surface area contributed by atoms with Crippen molar-refractivity contribution in [1.82, 2.24) is 10.3 Å². The van der Waals surface area contributed by atoms with Crippen LogP contribution >= 0.6 is 0 Å². The molecule has 5 nitrogen and oxygen atoms in total. The van der Waals surface area contributed by atoms with Crippen LogP contribution in [0.4, 0.5) is 0 Å². The number of hydrogen-bond acceptors (Lipinski definition) is 3. The molecule has 0 fully saturated rings. The Balaban J connectivity index is 1.76. The summed E-state index contributed by atoms with van der Waals surface area (Å²) in [6, 6.07) is 7.76. The van der Waals surface area contributed by atoms with Gasteiger partial charge in [0, 0.05) is 11.3 Å². The molecule has 1 aliphatic heterocycles. The van der Waals surface area contributed by atoms with Gasteiger partial charge in [0.1, 0.15) is 18.1 Å². The summed E-state index contributed by atoms with van der Waals surface area (Å²) in [7, 11) is 0. The molecule has 1 atom stereocenters. The quantitative estimate of drug-likeness (QED) is 0.856. The number of carbonyl (C=O) groups is 2. The molecular weight excluding hydrogens is 292 g/mol. The van der Waals surface area contributed by atoms with E-state index < -0.39 is 0 Å². The van der Waals surface area contributed by atoms with E-state index in [-0.39, 0.29) is 17.7 Å². The summed E-state index contributed by atoms with van der Waals surface area (Å²) in [6.07, 6.45) is 0.736. The Morgan fingerprint density at radius 1 is 1.26 bits per heavy atom. The van der Waals surface area contributed by atoms with Crippen molar-refractivity contribution in [2.45, 2.75) is 33.2 Å². The minimum atomic E-state index is -0.203. The number of H-pyrrole nitrogens is 1. The summed E-state index contributed by atoms with van der Waals surface area (Å²) in [5, 5.41) is 2.99. The third kappa shape index (κ3) is 2.86. The average Bonchev–Trinajstić information content (AvgIpc) is 2.82. The zero-order chi connectivity index (χ0) is 16.6. The molecule has 0 radical (unpaired) electrons. The Morgan fingerprint density at radius 3 is 2.70 bits per heavy atom. The molecule has 23 heavy (non-hydrogen) atoms. The van der Waals surface area contributed by atoms with Gasteiger partial charge in [-0.1, -0.05) is 18.2 Å². The van der Waals surface area contributed by atoms with Crippen molar-refractivity contribution in [2.24, 2.45) is 0 Å². The van der Waals surface area contributed by atoms with E-state index in [1.54, 1.807) is 13.8 Å². The highest BCUT2D eigenvalue weighted by Crippen LogP contribution is 2.24. The number of nitrogens with one attached hydrogen (secondary N) is 2. The van der Waals surface area contributed by atoms with Crippen molar-refractivity contribution < 1.29 is 14.3 Å². The second-order valence-electron chi connectivity index (χ2n) is 5.97. The van der Waals surface area contributed by atoms with Gasteiger partial charge < -0.3 is 15.0 Å². The number of rotatable bonds is 3. The van der Waals surface area contributed by atoms with Gasteiger partial charge in [-0.3, -0.25) is 9.59 Å². The SMILES string of the molecule is CC(=O)c1c(C)[nH]c(C(=O)N[C@H]2COc3ccccc3C2)c1C. The summed E-state index contributed by atoms with van der Waals surface area (Å²) in [5.74, 6) is 0.639. The summed E-state index contributed by atoms with van der Waals surface area (Å²) < 4.78 is 5.69. The van der Waals surface area contributed by atoms with Crippen LogP contribution in [0.3, 0.4) is 0 Å². The van der Waals surface area contributed by atoms with Crippen LogP contribution in [0.25, 0.3) is 0 Å². The van der Waals surface area contributed by atoms with Gasteiger partial charge in [-0.25, -0.2) is 0 Å². The van der Waals surface area contributed by atoms with Crippen LogP contribution in [0, 0.1) is 13.8 Å². The Hall–Kier alpha value is -2.56. The highest BCUT2D eigenvalue weighted by Gasteiger charge is 2.24. The number of para-hydroxylation sites is 1. The van der Waals surface area contributed by atoms with E-state index in [0.717, 1.165) is 23.4 Å². The Kier molecular flexibility index (Phi) is 3.94. The standard InChI is InChI=1S/C18H20N2O3/c1-10-16(12(3)21)11(2)19-17(10)18(22)20-14-8-13-6-4-5-7-15(13)23-9-14/h4-7,14,19H,8-9H2,1-3H3,(H,20,22)/t14-/m1/s1. The Bertz CT molecular complexity index is 777. The van der Waals surface area contributed by atoms with Crippen molar-refractivity contribution >= 4 is 11.7 Å². The summed E-state index contributed by atoms with van der Waals surface area (Å²) in [6.45, 7) is 5.56. The number of benzene rings is 1. The third-order valence-electron chi connectivity index (χ3n) is 4.23. The third-order valence-corrected chi connectivity index (χ3v) is 4.23. The fourth-order valence-electron chi connectivity index (χ4n) is 3.18. The van der Waals surface area contributed by atoms with Gasteiger partial charge in [0.15, 0.2) is 5.78 Å². The smallest absolute Gasteiger partial charge is 0.268 e. The van der Waals surface area contributed by atoms with E-state index in [4.69, 9.17) is 4.74 Å². The van der Waals surface area contributed by atoms with Crippen molar-refractivity contribution in [3.63, 3.8) is 0 Å². The van der Waals surface area contributed by atoms with Gasteiger partial charge in [-0.05, 0) is 44.4 Å². The molecule has 5 heteroatoms. The molecule has 2 aromatic rings. The second-order valence-corrected chi connectivity index (χ2v) is 5.97. The minimum Gasteiger partial charge on any atom is -0.491 e. The summed E-state index contributed by atoms with van der Waals surface area (Å²) >= 11 is 0. The molecule has 0 saturated carbocycles. The minimum absolute atomic E-state index is 0.0368. The highest BCUT2D eigenvalue weighted by atomic mass is 16.5. The van der Waals surface area contributed by atoms with Crippen LogP contribution in [-0.4, -0.2) is 29.3 Å². The fourth-order valence-corrected chi connectivity index (χ4v) is 3.18. The second kappa shape index (κ2) is 5.91. The maximum Gasteiger partial charge on any atom is 0.268 e. The zero-order valence-electron chi connectivity index (χ0n) is 13.5. The molecule has 0 saturated heterocycles. The molecule has 0 bridgehead atoms. The largest absolute Gasteiger partial charge is 0.491 e. The maximum absolute atomic E-state index is 12.5. The number of aromatic amines is 1. The van der Waals surface area contributed by atoms with Crippen LogP contribution in [0.1, 0.15) is 44.6 Å². The molecule has 1 aromatic heterocycles. The normalized spacial score (nSPS) is 16.4. The number of amides is 1. The predicted octanol–water partition coefficient (Wildman–Crippen LogP) is 2.57. The van der Waals surface area contributed by atoms with E-state index in [1.807, 2.05) is 24.3 Å². The summed E-state index contributed by atoms with van der Waals surface area (Å²) in [5.41, 5.74) is 3.56. The van der Waals surface area contributed by atoms with Crippen LogP contribution in [0.15, 0.2) is 24.3 Å². The van der Waals surface area contributed by atoms with Crippen molar-refractivity contribution in [2.75, 3.05) is 6.61 Å². The lowest BCUT2D eigenvalue weighted by molar-refractivity contribution is 0.0910. The average molecular weight is 312 g/mol. The van der Waals surface area contributed by atoms with Crippen molar-refractivity contribution in [3.8, 4) is 5.75 Å². The van der Waals surface area contributed by atoms with Gasteiger partial charge in [0.05, 0.1) is 6.04 Å². The number of fused-ring (bicyclic) bond motifs is 1. The number of aromatic nitrogens is 1. The molecule has 0 unspecified atom stereocenters. The number of hydrogen-bond donors (Lipinski definition) is 2. The number of ketones is 1. The first-order valence-corrected chi connectivity index (χ1v) is 7.69.